The number of hydrogen-bond acceptors (Lipinski definition) is 4. The van der Waals surface area contributed by atoms with Crippen LogP contribution in [0.2, 0.25) is 0 Å². The van der Waals surface area contributed by atoms with E-state index < -0.39 is 11.7 Å². The number of carbonyl (C=O) groups is 1. The number of ether oxygens (including phenoxy) is 2. The molecule has 1 saturated carbocycles. The summed E-state index contributed by atoms with van der Waals surface area (Å²) in [6.07, 6.45) is 2.65. The molecular formula is C15H22O4. The minimum Gasteiger partial charge on any atom is -0.458 e. The van der Waals surface area contributed by atoms with Gasteiger partial charge in [0.1, 0.15) is 6.10 Å². The van der Waals surface area contributed by atoms with E-state index in [9.17, 15) is 9.90 Å². The summed E-state index contributed by atoms with van der Waals surface area (Å²) in [7, 11) is 0. The molecule has 0 aromatic heterocycles. The molecule has 2 aliphatic heterocycles. The lowest BCUT2D eigenvalue weighted by molar-refractivity contribution is -0.147. The molecule has 3 rings (SSSR count). The van der Waals surface area contributed by atoms with Crippen LogP contribution < -0.4 is 0 Å². The molecule has 0 bridgehead atoms. The van der Waals surface area contributed by atoms with Crippen molar-refractivity contribution in [2.75, 3.05) is 0 Å². The Hall–Kier alpha value is -0.870. The summed E-state index contributed by atoms with van der Waals surface area (Å²) in [4.78, 5) is 11.6. The third kappa shape index (κ3) is 1.84. The van der Waals surface area contributed by atoms with Crippen LogP contribution in [0, 0.1) is 11.8 Å². The average molecular weight is 266 g/mol. The van der Waals surface area contributed by atoms with E-state index in [0.717, 1.165) is 19.3 Å². The topological polar surface area (TPSA) is 55.8 Å². The van der Waals surface area contributed by atoms with E-state index in [4.69, 9.17) is 9.47 Å². The van der Waals surface area contributed by atoms with Crippen molar-refractivity contribution < 1.29 is 19.4 Å². The molecule has 6 atom stereocenters. The number of hydrogen-bond donors (Lipinski definition) is 1. The largest absolute Gasteiger partial charge is 0.458 e. The molecule has 2 heterocycles. The molecule has 3 fully saturated rings. The van der Waals surface area contributed by atoms with Crippen molar-refractivity contribution >= 4 is 5.97 Å². The Morgan fingerprint density at radius 3 is 2.74 bits per heavy atom. The molecule has 2 saturated heterocycles. The van der Waals surface area contributed by atoms with Crippen LogP contribution in [0.1, 0.15) is 39.5 Å². The minimum absolute atomic E-state index is 0.0520. The summed E-state index contributed by atoms with van der Waals surface area (Å²) >= 11 is 0. The second-order valence-corrected chi connectivity index (χ2v) is 6.39. The molecule has 0 aromatic carbocycles. The van der Waals surface area contributed by atoms with Gasteiger partial charge in [-0.3, -0.25) is 0 Å². The number of aliphatic hydroxyl groups is 1. The maximum absolute atomic E-state index is 11.6. The Kier molecular flexibility index (Phi) is 2.98. The van der Waals surface area contributed by atoms with Gasteiger partial charge < -0.3 is 14.6 Å². The number of carbonyl (C=O) groups excluding carboxylic acids is 1. The van der Waals surface area contributed by atoms with Crippen molar-refractivity contribution in [3.8, 4) is 0 Å². The Labute approximate surface area is 113 Å². The predicted molar refractivity (Wildman–Crippen MR) is 69.4 cm³/mol. The average Bonchev–Trinajstić information content (AvgIpc) is 2.83. The standard InChI is InChI=1S/C15H22O4/c1-8-6-12-11(10(3)14(17)18-12)7-13(16)15(8)5-4-9(2)19-15/h8-9,11-13,16H,3-7H2,1-2H3/t8-,9+,11+,12+,13+,15-/m0/s1. The van der Waals surface area contributed by atoms with Crippen LogP contribution in [0.4, 0.5) is 0 Å². The fourth-order valence-electron chi connectivity index (χ4n) is 4.02. The predicted octanol–water partition coefficient (Wildman–Crippen LogP) is 1.81. The van der Waals surface area contributed by atoms with E-state index in [-0.39, 0.29) is 30.0 Å². The summed E-state index contributed by atoms with van der Waals surface area (Å²) in [5, 5.41) is 10.6. The van der Waals surface area contributed by atoms with Crippen LogP contribution in [0.25, 0.3) is 0 Å². The molecular weight excluding hydrogens is 244 g/mol. The summed E-state index contributed by atoms with van der Waals surface area (Å²) in [6, 6.07) is 0. The first kappa shape index (κ1) is 13.1. The number of fused-ring (bicyclic) bond motifs is 1. The van der Waals surface area contributed by atoms with Gasteiger partial charge in [-0.05, 0) is 38.5 Å². The Bertz CT molecular complexity index is 418. The van der Waals surface area contributed by atoms with E-state index in [1.807, 2.05) is 0 Å². The van der Waals surface area contributed by atoms with Crippen molar-refractivity contribution in [1.29, 1.82) is 0 Å². The summed E-state index contributed by atoms with van der Waals surface area (Å²) in [5.74, 6) is -0.170. The second-order valence-electron chi connectivity index (χ2n) is 6.39. The maximum atomic E-state index is 11.6. The highest BCUT2D eigenvalue weighted by molar-refractivity contribution is 5.90. The lowest BCUT2D eigenvalue weighted by Crippen LogP contribution is -2.47. The highest BCUT2D eigenvalue weighted by Gasteiger charge is 2.55. The normalized spacial score (nSPS) is 50.2. The fraction of sp³-hybridized carbons (Fsp3) is 0.800. The van der Waals surface area contributed by atoms with Crippen LogP contribution >= 0.6 is 0 Å². The monoisotopic (exact) mass is 266 g/mol. The van der Waals surface area contributed by atoms with Gasteiger partial charge in [0.2, 0.25) is 0 Å². The maximum Gasteiger partial charge on any atom is 0.334 e. The van der Waals surface area contributed by atoms with Crippen molar-refractivity contribution in [2.24, 2.45) is 11.8 Å². The van der Waals surface area contributed by atoms with Gasteiger partial charge >= 0.3 is 5.97 Å². The van der Waals surface area contributed by atoms with Gasteiger partial charge in [-0.2, -0.15) is 0 Å². The Balaban J connectivity index is 1.89. The molecule has 0 amide bonds. The highest BCUT2D eigenvalue weighted by atomic mass is 16.6. The molecule has 0 aromatic rings. The van der Waals surface area contributed by atoms with E-state index in [1.54, 1.807) is 0 Å². The summed E-state index contributed by atoms with van der Waals surface area (Å²) in [6.45, 7) is 7.97. The van der Waals surface area contributed by atoms with Crippen molar-refractivity contribution in [1.82, 2.24) is 0 Å². The Morgan fingerprint density at radius 2 is 2.11 bits per heavy atom. The number of esters is 1. The van der Waals surface area contributed by atoms with Crippen LogP contribution in [-0.4, -0.2) is 35.0 Å². The quantitative estimate of drug-likeness (QED) is 0.536. The Morgan fingerprint density at radius 1 is 1.37 bits per heavy atom. The molecule has 0 radical (unpaired) electrons. The molecule has 1 N–H and O–H groups in total. The highest BCUT2D eigenvalue weighted by Crippen LogP contribution is 2.49. The fourth-order valence-corrected chi connectivity index (χ4v) is 4.02. The van der Waals surface area contributed by atoms with E-state index >= 15 is 0 Å². The van der Waals surface area contributed by atoms with Crippen LogP contribution in [0.3, 0.4) is 0 Å². The first-order chi connectivity index (χ1) is 8.94. The van der Waals surface area contributed by atoms with Gasteiger partial charge in [0.25, 0.3) is 0 Å². The first-order valence-corrected chi connectivity index (χ1v) is 7.19. The zero-order valence-electron chi connectivity index (χ0n) is 11.6. The van der Waals surface area contributed by atoms with Gasteiger partial charge in [-0.1, -0.05) is 13.5 Å². The van der Waals surface area contributed by atoms with Crippen molar-refractivity contribution in [3.05, 3.63) is 12.2 Å². The summed E-state index contributed by atoms with van der Waals surface area (Å²) in [5.41, 5.74) is 0.0514. The van der Waals surface area contributed by atoms with E-state index in [2.05, 4.69) is 20.4 Å². The van der Waals surface area contributed by atoms with Gasteiger partial charge in [-0.15, -0.1) is 0 Å². The smallest absolute Gasteiger partial charge is 0.334 e. The third-order valence-electron chi connectivity index (χ3n) is 5.24. The molecule has 4 nitrogen and oxygen atoms in total. The molecule has 0 unspecified atom stereocenters. The number of rotatable bonds is 0. The van der Waals surface area contributed by atoms with Crippen LogP contribution in [0.15, 0.2) is 12.2 Å². The molecule has 1 aliphatic carbocycles. The molecule has 19 heavy (non-hydrogen) atoms. The number of aliphatic hydroxyl groups excluding tert-OH is 1. The van der Waals surface area contributed by atoms with Gasteiger partial charge in [0, 0.05) is 11.5 Å². The van der Waals surface area contributed by atoms with Crippen LogP contribution in [0.5, 0.6) is 0 Å². The zero-order valence-corrected chi connectivity index (χ0v) is 11.6. The van der Waals surface area contributed by atoms with Gasteiger partial charge in [0.15, 0.2) is 0 Å². The minimum atomic E-state index is -0.548. The molecule has 106 valence electrons. The zero-order chi connectivity index (χ0) is 13.8. The van der Waals surface area contributed by atoms with Gasteiger partial charge in [0.05, 0.1) is 17.8 Å². The van der Waals surface area contributed by atoms with Gasteiger partial charge in [-0.25, -0.2) is 4.79 Å². The van der Waals surface area contributed by atoms with Crippen LogP contribution in [-0.2, 0) is 14.3 Å². The second kappa shape index (κ2) is 4.32. The lowest BCUT2D eigenvalue weighted by Gasteiger charge is -2.38. The van der Waals surface area contributed by atoms with Crippen molar-refractivity contribution in [3.63, 3.8) is 0 Å². The van der Waals surface area contributed by atoms with Crippen molar-refractivity contribution in [2.45, 2.75) is 63.4 Å². The molecule has 3 aliphatic rings. The van der Waals surface area contributed by atoms with E-state index in [1.165, 1.54) is 0 Å². The third-order valence-corrected chi connectivity index (χ3v) is 5.24. The SMILES string of the molecule is C=C1C(=O)O[C@@H]2C[C@H](C)[C@@]3(CC[C@@H](C)O3)[C@H](O)C[C@H]12. The molecule has 4 heteroatoms. The summed E-state index contributed by atoms with van der Waals surface area (Å²) < 4.78 is 11.5. The lowest BCUT2D eigenvalue weighted by atomic mass is 9.80. The first-order valence-electron chi connectivity index (χ1n) is 7.19. The molecule has 1 spiro atoms. The van der Waals surface area contributed by atoms with E-state index in [0.29, 0.717) is 12.0 Å².